The van der Waals surface area contributed by atoms with E-state index in [2.05, 4.69) is 9.98 Å². The number of alkyl halides is 3. The van der Waals surface area contributed by atoms with Gasteiger partial charge in [0.15, 0.2) is 0 Å². The van der Waals surface area contributed by atoms with Crippen LogP contribution >= 0.6 is 0 Å². The van der Waals surface area contributed by atoms with Gasteiger partial charge in [0.25, 0.3) is 0 Å². The van der Waals surface area contributed by atoms with Gasteiger partial charge in [-0.2, -0.15) is 23.4 Å². The van der Waals surface area contributed by atoms with Gasteiger partial charge in [-0.15, -0.1) is 0 Å². The van der Waals surface area contributed by atoms with Gasteiger partial charge in [0.1, 0.15) is 11.4 Å². The Hall–Kier alpha value is -4.05. The summed E-state index contributed by atoms with van der Waals surface area (Å²) in [6.45, 7) is 0. The van der Waals surface area contributed by atoms with Crippen molar-refractivity contribution < 1.29 is 13.2 Å². The molecule has 0 radical (unpaired) electrons. The van der Waals surface area contributed by atoms with Crippen LogP contribution in [0.3, 0.4) is 0 Å². The van der Waals surface area contributed by atoms with Gasteiger partial charge in [-0.1, -0.05) is 42.5 Å². The van der Waals surface area contributed by atoms with Crippen LogP contribution in [0.5, 0.6) is 0 Å². The molecule has 1 aliphatic carbocycles. The van der Waals surface area contributed by atoms with Gasteiger partial charge in [-0.05, 0) is 35.4 Å². The summed E-state index contributed by atoms with van der Waals surface area (Å²) in [7, 11) is 0. The first-order valence-electron chi connectivity index (χ1n) is 9.02. The molecule has 7 heteroatoms. The first-order chi connectivity index (χ1) is 14.5. The molecule has 4 aromatic rings. The van der Waals surface area contributed by atoms with Gasteiger partial charge >= 0.3 is 6.18 Å². The van der Waals surface area contributed by atoms with E-state index in [1.807, 2.05) is 30.5 Å². The minimum absolute atomic E-state index is 0.470. The number of aliphatic imine (C=N–C) groups is 1. The molecule has 0 N–H and O–H groups in total. The van der Waals surface area contributed by atoms with Crippen LogP contribution in [0.15, 0.2) is 71.7 Å². The number of hydrogen-bond donors (Lipinski definition) is 0. The van der Waals surface area contributed by atoms with Gasteiger partial charge in [0, 0.05) is 11.1 Å². The molecule has 4 nitrogen and oxygen atoms in total. The van der Waals surface area contributed by atoms with Crippen molar-refractivity contribution in [3.63, 3.8) is 0 Å². The number of halogens is 3. The zero-order chi connectivity index (χ0) is 20.9. The fourth-order valence-corrected chi connectivity index (χ4v) is 3.63. The predicted octanol–water partition coefficient (Wildman–Crippen LogP) is 5.61. The van der Waals surface area contributed by atoms with Gasteiger partial charge < -0.3 is 0 Å². The van der Waals surface area contributed by atoms with Crippen LogP contribution in [-0.4, -0.2) is 15.7 Å². The van der Waals surface area contributed by atoms with Crippen LogP contribution in [0.1, 0.15) is 16.8 Å². The number of hydrogen-bond acceptors (Lipinski definition) is 4. The summed E-state index contributed by atoms with van der Waals surface area (Å²) in [5, 5.41) is 9.10. The Labute approximate surface area is 169 Å². The van der Waals surface area contributed by atoms with E-state index in [0.29, 0.717) is 33.7 Å². The second-order valence-electron chi connectivity index (χ2n) is 6.81. The molecule has 0 atom stereocenters. The Balaban J connectivity index is 1.64. The normalized spacial score (nSPS) is 13.9. The third kappa shape index (κ3) is 2.81. The molecule has 30 heavy (non-hydrogen) atoms. The molecule has 0 bridgehead atoms. The lowest BCUT2D eigenvalue weighted by atomic mass is 10.0. The number of benzene rings is 3. The molecule has 0 amide bonds. The fourth-order valence-electron chi connectivity index (χ4n) is 3.63. The van der Waals surface area contributed by atoms with Gasteiger partial charge in [0.05, 0.1) is 22.3 Å². The van der Waals surface area contributed by atoms with Crippen molar-refractivity contribution in [2.45, 2.75) is 6.18 Å². The smallest absolute Gasteiger partial charge is 0.244 e. The van der Waals surface area contributed by atoms with E-state index < -0.39 is 11.7 Å². The van der Waals surface area contributed by atoms with E-state index in [-0.39, 0.29) is 0 Å². The lowest BCUT2D eigenvalue weighted by molar-refractivity contribution is -0.137. The number of rotatable bonds is 1. The number of fused-ring (bicyclic) bond motifs is 4. The summed E-state index contributed by atoms with van der Waals surface area (Å²) in [5.41, 5.74) is 5.21. The molecule has 0 saturated carbocycles. The number of nitrogens with zero attached hydrogens (tertiary/aromatic N) is 4. The van der Waals surface area contributed by atoms with Crippen LogP contribution in [0.25, 0.3) is 33.4 Å². The van der Waals surface area contributed by atoms with Crippen molar-refractivity contribution in [3.8, 4) is 28.6 Å². The Bertz CT molecular complexity index is 1380. The highest BCUT2D eigenvalue weighted by Gasteiger charge is 2.30. The SMILES string of the molecule is N#CN=C1c2ccccc2-c2nc3ccc(-c4ccc(C(F)(F)F)cc4)cc3nc21. The minimum Gasteiger partial charge on any atom is -0.244 e. The van der Waals surface area contributed by atoms with Crippen molar-refractivity contribution >= 4 is 16.7 Å². The third-order valence-electron chi connectivity index (χ3n) is 5.03. The molecule has 3 aromatic carbocycles. The summed E-state index contributed by atoms with van der Waals surface area (Å²) in [6.07, 6.45) is -2.55. The van der Waals surface area contributed by atoms with Crippen LogP contribution in [0.2, 0.25) is 0 Å². The van der Waals surface area contributed by atoms with E-state index in [1.54, 1.807) is 18.2 Å². The van der Waals surface area contributed by atoms with Gasteiger partial charge in [0.2, 0.25) is 6.19 Å². The zero-order valence-electron chi connectivity index (χ0n) is 15.3. The van der Waals surface area contributed by atoms with E-state index in [9.17, 15) is 13.2 Å². The molecule has 0 aliphatic heterocycles. The standard InChI is InChI=1S/C23H11F3N4/c24-23(25,26)15-8-5-13(6-9-15)14-7-10-18-19(11-14)30-22-20(28-12-27)16-3-1-2-4-17(16)21(22)29-18/h1-11H. The molecule has 1 aromatic heterocycles. The average Bonchev–Trinajstić information content (AvgIpc) is 3.05. The second-order valence-corrected chi connectivity index (χ2v) is 6.81. The molecule has 0 saturated heterocycles. The van der Waals surface area contributed by atoms with Gasteiger partial charge in [-0.3, -0.25) is 0 Å². The Kier molecular flexibility index (Phi) is 3.90. The Morgan fingerprint density at radius 3 is 2.13 bits per heavy atom. The van der Waals surface area contributed by atoms with Crippen LogP contribution < -0.4 is 0 Å². The molecular formula is C23H11F3N4. The molecule has 0 spiro atoms. The maximum Gasteiger partial charge on any atom is 0.416 e. The minimum atomic E-state index is -4.38. The van der Waals surface area contributed by atoms with Crippen LogP contribution in [0, 0.1) is 11.5 Å². The maximum absolute atomic E-state index is 12.8. The first kappa shape index (κ1) is 18.0. The predicted molar refractivity (Wildman–Crippen MR) is 107 cm³/mol. The highest BCUT2D eigenvalue weighted by Crippen LogP contribution is 2.36. The molecule has 0 unspecified atom stereocenters. The molecule has 144 valence electrons. The largest absolute Gasteiger partial charge is 0.416 e. The second kappa shape index (κ2) is 6.49. The molecule has 1 aliphatic rings. The zero-order valence-corrected chi connectivity index (χ0v) is 15.3. The Morgan fingerprint density at radius 1 is 0.767 bits per heavy atom. The van der Waals surface area contributed by atoms with Gasteiger partial charge in [-0.25, -0.2) is 9.97 Å². The summed E-state index contributed by atoms with van der Waals surface area (Å²) in [4.78, 5) is 13.3. The summed E-state index contributed by atoms with van der Waals surface area (Å²) >= 11 is 0. The van der Waals surface area contributed by atoms with Crippen molar-refractivity contribution in [2.75, 3.05) is 0 Å². The van der Waals surface area contributed by atoms with Crippen molar-refractivity contribution in [3.05, 3.63) is 83.6 Å². The average molecular weight is 400 g/mol. The topological polar surface area (TPSA) is 61.9 Å². The van der Waals surface area contributed by atoms with Crippen LogP contribution in [0.4, 0.5) is 13.2 Å². The van der Waals surface area contributed by atoms with Crippen molar-refractivity contribution in [1.29, 1.82) is 5.26 Å². The van der Waals surface area contributed by atoms with Crippen LogP contribution in [-0.2, 0) is 6.18 Å². The molecule has 5 rings (SSSR count). The monoisotopic (exact) mass is 400 g/mol. The lowest BCUT2D eigenvalue weighted by Gasteiger charge is -2.09. The first-order valence-corrected chi connectivity index (χ1v) is 9.02. The quantitative estimate of drug-likeness (QED) is 0.343. The van der Waals surface area contributed by atoms with E-state index >= 15 is 0 Å². The third-order valence-corrected chi connectivity index (χ3v) is 5.03. The maximum atomic E-state index is 12.8. The van der Waals surface area contributed by atoms with Crippen molar-refractivity contribution in [2.24, 2.45) is 4.99 Å². The van der Waals surface area contributed by atoms with E-state index in [4.69, 9.17) is 10.2 Å². The molecule has 0 fully saturated rings. The number of nitriles is 1. The summed E-state index contributed by atoms with van der Waals surface area (Å²) in [5.74, 6) is 0. The summed E-state index contributed by atoms with van der Waals surface area (Å²) < 4.78 is 38.5. The molecular weight excluding hydrogens is 389 g/mol. The molecule has 1 heterocycles. The van der Waals surface area contributed by atoms with E-state index in [1.165, 1.54) is 12.1 Å². The Morgan fingerprint density at radius 2 is 1.43 bits per heavy atom. The van der Waals surface area contributed by atoms with E-state index in [0.717, 1.165) is 28.8 Å². The lowest BCUT2D eigenvalue weighted by Crippen LogP contribution is -2.04. The van der Waals surface area contributed by atoms with Crippen molar-refractivity contribution in [1.82, 2.24) is 9.97 Å². The fraction of sp³-hybridized carbons (Fsp3) is 0.0435. The number of aromatic nitrogens is 2. The summed E-state index contributed by atoms with van der Waals surface area (Å²) in [6, 6.07) is 17.9. The highest BCUT2D eigenvalue weighted by atomic mass is 19.4. The highest BCUT2D eigenvalue weighted by molar-refractivity contribution is 6.23.